The molecule has 3 rings (SSSR count). The lowest BCUT2D eigenvalue weighted by molar-refractivity contribution is -0.125. The number of anilines is 1. The summed E-state index contributed by atoms with van der Waals surface area (Å²) in [7, 11) is 0. The molecule has 7 heteroatoms. The molecule has 1 N–H and O–H groups in total. The van der Waals surface area contributed by atoms with Crippen LogP contribution in [-0.4, -0.2) is 45.3 Å². The maximum absolute atomic E-state index is 12.3. The third-order valence-corrected chi connectivity index (χ3v) is 4.09. The maximum atomic E-state index is 12.3. The molecule has 0 bridgehead atoms. The van der Waals surface area contributed by atoms with Crippen molar-refractivity contribution in [3.63, 3.8) is 0 Å². The fraction of sp³-hybridized carbons (Fsp3) is 0.500. The van der Waals surface area contributed by atoms with Gasteiger partial charge in [0.25, 0.3) is 0 Å². The Morgan fingerprint density at radius 1 is 1.35 bits per heavy atom. The highest BCUT2D eigenvalue weighted by atomic mass is 16.1. The highest BCUT2D eigenvalue weighted by Gasteiger charge is 2.26. The van der Waals surface area contributed by atoms with E-state index in [1.54, 1.807) is 24.8 Å². The minimum atomic E-state index is 0.0236. The molecule has 2 aromatic heterocycles. The van der Waals surface area contributed by atoms with Crippen LogP contribution in [0.25, 0.3) is 0 Å². The Bertz CT molecular complexity index is 600. The first-order chi connectivity index (χ1) is 11.3. The molecule has 23 heavy (non-hydrogen) atoms. The van der Waals surface area contributed by atoms with E-state index in [-0.39, 0.29) is 11.8 Å². The van der Waals surface area contributed by atoms with E-state index in [1.807, 2.05) is 16.9 Å². The van der Waals surface area contributed by atoms with Crippen molar-refractivity contribution in [1.29, 1.82) is 0 Å². The van der Waals surface area contributed by atoms with E-state index >= 15 is 0 Å². The molecule has 0 aliphatic carbocycles. The summed E-state index contributed by atoms with van der Waals surface area (Å²) in [5.41, 5.74) is 0. The Balaban J connectivity index is 1.43. The number of nitrogens with zero attached hydrogens (tertiary/aromatic N) is 5. The van der Waals surface area contributed by atoms with Gasteiger partial charge in [0.05, 0.1) is 12.1 Å². The number of hydrogen-bond acceptors (Lipinski definition) is 5. The van der Waals surface area contributed by atoms with Gasteiger partial charge in [-0.05, 0) is 25.3 Å². The summed E-state index contributed by atoms with van der Waals surface area (Å²) in [4.78, 5) is 22.9. The van der Waals surface area contributed by atoms with Gasteiger partial charge in [-0.3, -0.25) is 14.5 Å². The normalized spacial score (nSPS) is 17.9. The Morgan fingerprint density at radius 3 is 3.09 bits per heavy atom. The lowest BCUT2D eigenvalue weighted by atomic mass is 9.97. The number of piperidine rings is 1. The van der Waals surface area contributed by atoms with Crippen molar-refractivity contribution in [3.8, 4) is 0 Å². The molecule has 3 heterocycles. The SMILES string of the molecule is O=C(NCCCn1cccn1)C1CCCN(c2cnccn2)C1. The molecule has 122 valence electrons. The van der Waals surface area contributed by atoms with Crippen molar-refractivity contribution >= 4 is 11.7 Å². The van der Waals surface area contributed by atoms with E-state index < -0.39 is 0 Å². The van der Waals surface area contributed by atoms with Crippen molar-refractivity contribution < 1.29 is 4.79 Å². The van der Waals surface area contributed by atoms with Crippen LogP contribution in [0.1, 0.15) is 19.3 Å². The monoisotopic (exact) mass is 314 g/mol. The second kappa shape index (κ2) is 7.71. The third-order valence-electron chi connectivity index (χ3n) is 4.09. The predicted octanol–water partition coefficient (Wildman–Crippen LogP) is 1.10. The largest absolute Gasteiger partial charge is 0.356 e. The minimum absolute atomic E-state index is 0.0236. The van der Waals surface area contributed by atoms with Crippen LogP contribution in [0.2, 0.25) is 0 Å². The molecule has 7 nitrogen and oxygen atoms in total. The minimum Gasteiger partial charge on any atom is -0.356 e. The van der Waals surface area contributed by atoms with E-state index in [9.17, 15) is 4.79 Å². The summed E-state index contributed by atoms with van der Waals surface area (Å²) < 4.78 is 1.88. The molecule has 1 fully saturated rings. The lowest BCUT2D eigenvalue weighted by Crippen LogP contribution is -2.43. The standard InChI is InChI=1S/C16H22N6O/c23-16(19-5-2-10-22-11-3-6-20-22)14-4-1-9-21(13-14)15-12-17-7-8-18-15/h3,6-8,11-12,14H,1-2,4-5,9-10,13H2,(H,19,23). The molecular weight excluding hydrogens is 292 g/mol. The molecule has 1 amide bonds. The summed E-state index contributed by atoms with van der Waals surface area (Å²) >= 11 is 0. The number of amides is 1. The molecule has 0 aromatic carbocycles. The van der Waals surface area contributed by atoms with Gasteiger partial charge in [-0.15, -0.1) is 0 Å². The Morgan fingerprint density at radius 2 is 2.30 bits per heavy atom. The average Bonchev–Trinajstić information content (AvgIpc) is 3.13. The molecule has 0 radical (unpaired) electrons. The number of carbonyl (C=O) groups is 1. The number of aryl methyl sites for hydroxylation is 1. The molecule has 2 aromatic rings. The van der Waals surface area contributed by atoms with E-state index in [0.29, 0.717) is 13.1 Å². The predicted molar refractivity (Wildman–Crippen MR) is 86.8 cm³/mol. The molecule has 1 aliphatic rings. The molecular formula is C16H22N6O. The van der Waals surface area contributed by atoms with E-state index in [1.165, 1.54) is 0 Å². The quantitative estimate of drug-likeness (QED) is 0.808. The zero-order chi connectivity index (χ0) is 15.9. The van der Waals surface area contributed by atoms with Crippen LogP contribution in [0.4, 0.5) is 5.82 Å². The fourth-order valence-electron chi connectivity index (χ4n) is 2.88. The number of nitrogens with one attached hydrogen (secondary N) is 1. The van der Waals surface area contributed by atoms with Gasteiger partial charge in [0.2, 0.25) is 5.91 Å². The van der Waals surface area contributed by atoms with Gasteiger partial charge in [0.1, 0.15) is 5.82 Å². The second-order valence-corrected chi connectivity index (χ2v) is 5.76. The summed E-state index contributed by atoms with van der Waals surface area (Å²) in [6, 6.07) is 1.90. The smallest absolute Gasteiger partial charge is 0.224 e. The average molecular weight is 314 g/mol. The zero-order valence-corrected chi connectivity index (χ0v) is 13.1. The molecule has 0 spiro atoms. The third kappa shape index (κ3) is 4.28. The van der Waals surface area contributed by atoms with Crippen LogP contribution in [0.5, 0.6) is 0 Å². The molecule has 0 saturated carbocycles. The van der Waals surface area contributed by atoms with Crippen LogP contribution in [-0.2, 0) is 11.3 Å². The second-order valence-electron chi connectivity index (χ2n) is 5.76. The van der Waals surface area contributed by atoms with E-state index in [0.717, 1.165) is 38.2 Å². The van der Waals surface area contributed by atoms with Gasteiger partial charge in [-0.1, -0.05) is 0 Å². The summed E-state index contributed by atoms with van der Waals surface area (Å²) in [6.07, 6.45) is 11.6. The Labute approximate surface area is 135 Å². The fourth-order valence-corrected chi connectivity index (χ4v) is 2.88. The highest BCUT2D eigenvalue weighted by molar-refractivity contribution is 5.79. The van der Waals surface area contributed by atoms with Crippen LogP contribution in [0.15, 0.2) is 37.1 Å². The van der Waals surface area contributed by atoms with Gasteiger partial charge < -0.3 is 10.2 Å². The van der Waals surface area contributed by atoms with Gasteiger partial charge in [-0.2, -0.15) is 5.10 Å². The number of rotatable bonds is 6. The van der Waals surface area contributed by atoms with Gasteiger partial charge >= 0.3 is 0 Å². The van der Waals surface area contributed by atoms with Crippen LogP contribution in [0.3, 0.4) is 0 Å². The summed E-state index contributed by atoms with van der Waals surface area (Å²) in [6.45, 7) is 3.15. The van der Waals surface area contributed by atoms with Crippen LogP contribution in [0, 0.1) is 5.92 Å². The molecule has 1 aliphatic heterocycles. The maximum Gasteiger partial charge on any atom is 0.224 e. The Hall–Kier alpha value is -2.44. The van der Waals surface area contributed by atoms with Gasteiger partial charge in [0, 0.05) is 51.0 Å². The van der Waals surface area contributed by atoms with Crippen molar-refractivity contribution in [2.45, 2.75) is 25.8 Å². The summed E-state index contributed by atoms with van der Waals surface area (Å²) in [5, 5.41) is 7.19. The first-order valence-electron chi connectivity index (χ1n) is 8.09. The number of aromatic nitrogens is 4. The summed E-state index contributed by atoms with van der Waals surface area (Å²) in [5.74, 6) is 1.01. The van der Waals surface area contributed by atoms with Crippen LogP contribution < -0.4 is 10.2 Å². The van der Waals surface area contributed by atoms with E-state index in [2.05, 4.69) is 25.3 Å². The van der Waals surface area contributed by atoms with Crippen molar-refractivity contribution in [3.05, 3.63) is 37.1 Å². The number of carbonyl (C=O) groups excluding carboxylic acids is 1. The van der Waals surface area contributed by atoms with Crippen LogP contribution >= 0.6 is 0 Å². The van der Waals surface area contributed by atoms with Crippen molar-refractivity contribution in [2.75, 3.05) is 24.5 Å². The topological polar surface area (TPSA) is 75.9 Å². The molecule has 1 atom stereocenters. The molecule has 1 unspecified atom stereocenters. The zero-order valence-electron chi connectivity index (χ0n) is 13.1. The molecule has 1 saturated heterocycles. The van der Waals surface area contributed by atoms with Gasteiger partial charge in [-0.25, -0.2) is 4.98 Å². The van der Waals surface area contributed by atoms with Crippen molar-refractivity contribution in [1.82, 2.24) is 25.1 Å². The van der Waals surface area contributed by atoms with Gasteiger partial charge in [0.15, 0.2) is 0 Å². The Kier molecular flexibility index (Phi) is 5.18. The van der Waals surface area contributed by atoms with Crippen molar-refractivity contribution in [2.24, 2.45) is 5.92 Å². The van der Waals surface area contributed by atoms with E-state index in [4.69, 9.17) is 0 Å². The lowest BCUT2D eigenvalue weighted by Gasteiger charge is -2.32. The first-order valence-corrected chi connectivity index (χ1v) is 8.09. The highest BCUT2D eigenvalue weighted by Crippen LogP contribution is 2.20. The number of hydrogen-bond donors (Lipinski definition) is 1. The first kappa shape index (κ1) is 15.5.